The van der Waals surface area contributed by atoms with E-state index in [0.717, 1.165) is 24.2 Å². The molecule has 0 spiro atoms. The van der Waals surface area contributed by atoms with E-state index in [1.807, 2.05) is 18.2 Å². The predicted molar refractivity (Wildman–Crippen MR) is 84.8 cm³/mol. The molecular formula is C18H24O4. The van der Waals surface area contributed by atoms with Crippen molar-refractivity contribution in [1.82, 2.24) is 0 Å². The van der Waals surface area contributed by atoms with Crippen LogP contribution in [0.25, 0.3) is 0 Å². The first kappa shape index (κ1) is 16.4. The molecular weight excluding hydrogens is 280 g/mol. The van der Waals surface area contributed by atoms with Gasteiger partial charge < -0.3 is 14.2 Å². The number of hydrogen-bond acceptors (Lipinski definition) is 4. The van der Waals surface area contributed by atoms with E-state index < -0.39 is 0 Å². The predicted octanol–water partition coefficient (Wildman–Crippen LogP) is 4.23. The van der Waals surface area contributed by atoms with Gasteiger partial charge in [0.2, 0.25) is 6.79 Å². The average Bonchev–Trinajstić information content (AvgIpc) is 2.92. The van der Waals surface area contributed by atoms with Crippen LogP contribution in [-0.4, -0.2) is 12.8 Å². The number of hydrogen-bond donors (Lipinski definition) is 0. The Bertz CT molecular complexity index is 544. The van der Waals surface area contributed by atoms with Gasteiger partial charge in [-0.25, -0.2) is 0 Å². The molecule has 0 N–H and O–H groups in total. The molecule has 0 amide bonds. The summed E-state index contributed by atoms with van der Waals surface area (Å²) in [6.45, 7) is 6.78. The highest BCUT2D eigenvalue weighted by atomic mass is 16.7. The number of carbonyl (C=O) groups excluding carboxylic acids is 1. The van der Waals surface area contributed by atoms with Crippen LogP contribution in [0.3, 0.4) is 0 Å². The van der Waals surface area contributed by atoms with Crippen molar-refractivity contribution in [1.29, 1.82) is 0 Å². The highest BCUT2D eigenvalue weighted by Gasteiger charge is 2.14. The van der Waals surface area contributed by atoms with Gasteiger partial charge in [0.05, 0.1) is 0 Å². The summed E-state index contributed by atoms with van der Waals surface area (Å²) >= 11 is 0. The molecule has 2 rings (SSSR count). The highest BCUT2D eigenvalue weighted by molar-refractivity contribution is 5.69. The molecule has 4 heteroatoms. The number of allylic oxidation sites excluding steroid dienone is 2. The minimum atomic E-state index is -0.151. The maximum Gasteiger partial charge on any atom is 0.306 e. The number of carbonyl (C=O) groups is 1. The molecule has 0 aliphatic carbocycles. The number of fused-ring (bicyclic) bond motifs is 1. The number of esters is 1. The molecule has 4 nitrogen and oxygen atoms in total. The third-order valence-corrected chi connectivity index (χ3v) is 3.56. The lowest BCUT2D eigenvalue weighted by atomic mass is 10.0. The van der Waals surface area contributed by atoms with Crippen molar-refractivity contribution in [2.24, 2.45) is 5.92 Å². The van der Waals surface area contributed by atoms with E-state index in [4.69, 9.17) is 14.2 Å². The van der Waals surface area contributed by atoms with Gasteiger partial charge >= 0.3 is 5.97 Å². The summed E-state index contributed by atoms with van der Waals surface area (Å²) in [6, 6.07) is 5.58. The van der Waals surface area contributed by atoms with Crippen LogP contribution in [0.1, 0.15) is 45.6 Å². The third kappa shape index (κ3) is 5.10. The maximum atomic E-state index is 11.9. The fourth-order valence-corrected chi connectivity index (χ4v) is 2.30. The Morgan fingerprint density at radius 3 is 2.86 bits per heavy atom. The number of rotatable bonds is 7. The van der Waals surface area contributed by atoms with Crippen LogP contribution < -0.4 is 9.47 Å². The zero-order valence-electron chi connectivity index (χ0n) is 13.6. The van der Waals surface area contributed by atoms with Crippen LogP contribution in [0.15, 0.2) is 29.8 Å². The van der Waals surface area contributed by atoms with E-state index in [2.05, 4.69) is 26.8 Å². The minimum absolute atomic E-state index is 0.151. The first-order chi connectivity index (χ1) is 10.5. The smallest absolute Gasteiger partial charge is 0.306 e. The molecule has 1 unspecified atom stereocenters. The van der Waals surface area contributed by atoms with Crippen LogP contribution in [0.2, 0.25) is 0 Å². The van der Waals surface area contributed by atoms with Gasteiger partial charge in [-0.2, -0.15) is 0 Å². The van der Waals surface area contributed by atoms with Gasteiger partial charge in [0.15, 0.2) is 11.5 Å². The van der Waals surface area contributed by atoms with E-state index >= 15 is 0 Å². The lowest BCUT2D eigenvalue weighted by Gasteiger charge is -2.10. The van der Waals surface area contributed by atoms with Gasteiger partial charge in [0.1, 0.15) is 6.61 Å². The largest absolute Gasteiger partial charge is 0.461 e. The van der Waals surface area contributed by atoms with Crippen LogP contribution in [-0.2, 0) is 16.1 Å². The Balaban J connectivity index is 1.72. The molecule has 22 heavy (non-hydrogen) atoms. The van der Waals surface area contributed by atoms with Crippen LogP contribution in [0.4, 0.5) is 0 Å². The molecule has 0 saturated carbocycles. The lowest BCUT2D eigenvalue weighted by Crippen LogP contribution is -2.09. The van der Waals surface area contributed by atoms with Crippen LogP contribution in [0, 0.1) is 5.92 Å². The van der Waals surface area contributed by atoms with Crippen molar-refractivity contribution >= 4 is 5.97 Å². The molecule has 0 aromatic heterocycles. The van der Waals surface area contributed by atoms with E-state index in [0.29, 0.717) is 18.1 Å². The van der Waals surface area contributed by atoms with Gasteiger partial charge in [-0.1, -0.05) is 24.6 Å². The molecule has 0 bridgehead atoms. The summed E-state index contributed by atoms with van der Waals surface area (Å²) in [6.07, 6.45) is 4.68. The van der Waals surface area contributed by atoms with E-state index in [9.17, 15) is 4.79 Å². The lowest BCUT2D eigenvalue weighted by molar-refractivity contribution is -0.146. The monoisotopic (exact) mass is 304 g/mol. The van der Waals surface area contributed by atoms with Crippen molar-refractivity contribution in [2.75, 3.05) is 6.79 Å². The van der Waals surface area contributed by atoms with Crippen molar-refractivity contribution in [2.45, 2.75) is 46.6 Å². The van der Waals surface area contributed by atoms with Gasteiger partial charge in [0, 0.05) is 6.42 Å². The Kier molecular flexibility index (Phi) is 5.87. The Morgan fingerprint density at radius 1 is 1.32 bits per heavy atom. The quantitative estimate of drug-likeness (QED) is 0.558. The summed E-state index contributed by atoms with van der Waals surface area (Å²) in [5.74, 6) is 1.63. The van der Waals surface area contributed by atoms with Gasteiger partial charge in [-0.3, -0.25) is 4.79 Å². The maximum absolute atomic E-state index is 11.9. The SMILES string of the molecule is CC(C)=CCCC(C)CC(=O)OCc1ccc2c(c1)OCO2. The summed E-state index contributed by atoms with van der Waals surface area (Å²) in [5.41, 5.74) is 2.23. The second kappa shape index (κ2) is 7.87. The van der Waals surface area contributed by atoms with Crippen molar-refractivity contribution < 1.29 is 19.0 Å². The minimum Gasteiger partial charge on any atom is -0.461 e. The number of ether oxygens (including phenoxy) is 3. The Labute approximate surface area is 132 Å². The van der Waals surface area contributed by atoms with Crippen molar-refractivity contribution in [3.63, 3.8) is 0 Å². The second-order valence-electron chi connectivity index (χ2n) is 6.02. The molecule has 1 aliphatic rings. The average molecular weight is 304 g/mol. The summed E-state index contributed by atoms with van der Waals surface area (Å²) in [7, 11) is 0. The highest BCUT2D eigenvalue weighted by Crippen LogP contribution is 2.32. The first-order valence-corrected chi connectivity index (χ1v) is 7.72. The Morgan fingerprint density at radius 2 is 2.09 bits per heavy atom. The summed E-state index contributed by atoms with van der Waals surface area (Å²) in [5, 5.41) is 0. The molecule has 0 saturated heterocycles. The van der Waals surface area contributed by atoms with E-state index in [-0.39, 0.29) is 19.4 Å². The van der Waals surface area contributed by atoms with Crippen molar-refractivity contribution in [3.8, 4) is 11.5 Å². The third-order valence-electron chi connectivity index (χ3n) is 3.56. The zero-order chi connectivity index (χ0) is 15.9. The van der Waals surface area contributed by atoms with Crippen molar-refractivity contribution in [3.05, 3.63) is 35.4 Å². The van der Waals surface area contributed by atoms with E-state index in [1.54, 1.807) is 0 Å². The topological polar surface area (TPSA) is 44.8 Å². The number of benzene rings is 1. The standard InChI is InChI=1S/C18H24O4/c1-13(2)5-4-6-14(3)9-18(19)20-11-15-7-8-16-17(10-15)22-12-21-16/h5,7-8,10,14H,4,6,9,11-12H2,1-3H3. The zero-order valence-corrected chi connectivity index (χ0v) is 13.6. The molecule has 1 aromatic rings. The molecule has 120 valence electrons. The molecule has 0 fully saturated rings. The fraction of sp³-hybridized carbons (Fsp3) is 0.500. The van der Waals surface area contributed by atoms with E-state index in [1.165, 1.54) is 5.57 Å². The molecule has 1 aliphatic heterocycles. The second-order valence-corrected chi connectivity index (χ2v) is 6.02. The van der Waals surface area contributed by atoms with Gasteiger partial charge in [0.25, 0.3) is 0 Å². The first-order valence-electron chi connectivity index (χ1n) is 7.72. The molecule has 1 heterocycles. The van der Waals surface area contributed by atoms with Gasteiger partial charge in [-0.05, 0) is 50.3 Å². The van der Waals surface area contributed by atoms with Crippen LogP contribution in [0.5, 0.6) is 11.5 Å². The summed E-state index contributed by atoms with van der Waals surface area (Å²) in [4.78, 5) is 11.9. The molecule has 1 atom stereocenters. The normalized spacial score (nSPS) is 13.6. The van der Waals surface area contributed by atoms with Crippen LogP contribution >= 0.6 is 0 Å². The Hall–Kier alpha value is -1.97. The molecule has 1 aromatic carbocycles. The van der Waals surface area contributed by atoms with Gasteiger partial charge in [-0.15, -0.1) is 0 Å². The summed E-state index contributed by atoms with van der Waals surface area (Å²) < 4.78 is 15.9. The fourth-order valence-electron chi connectivity index (χ4n) is 2.30. The molecule has 0 radical (unpaired) electrons.